The van der Waals surface area contributed by atoms with Gasteiger partial charge in [0.2, 0.25) is 5.91 Å². The number of allylic oxidation sites excluding steroid dienone is 2. The minimum absolute atomic E-state index is 0.0510. The van der Waals surface area contributed by atoms with Crippen LogP contribution in [0.25, 0.3) is 0 Å². The quantitative estimate of drug-likeness (QED) is 0.646. The van der Waals surface area contributed by atoms with E-state index in [2.05, 4.69) is 5.32 Å². The molecule has 0 aliphatic rings. The van der Waals surface area contributed by atoms with Gasteiger partial charge >= 0.3 is 0 Å². The summed E-state index contributed by atoms with van der Waals surface area (Å²) in [4.78, 5) is 23.1. The van der Waals surface area contributed by atoms with Gasteiger partial charge in [-0.3, -0.25) is 9.59 Å². The van der Waals surface area contributed by atoms with Gasteiger partial charge in [0.1, 0.15) is 5.76 Å². The molecular formula is C13H14ClNO3S. The number of ketones is 1. The predicted octanol–water partition coefficient (Wildman–Crippen LogP) is 3.39. The summed E-state index contributed by atoms with van der Waals surface area (Å²) >= 11 is 6.74. The van der Waals surface area contributed by atoms with Crippen LogP contribution in [0.5, 0.6) is 0 Å². The van der Waals surface area contributed by atoms with Gasteiger partial charge in [-0.15, -0.1) is 11.8 Å². The largest absolute Gasteiger partial charge is 0.511 e. The van der Waals surface area contributed by atoms with Crippen molar-refractivity contribution in [2.45, 2.75) is 13.8 Å². The summed E-state index contributed by atoms with van der Waals surface area (Å²) in [7, 11) is 0. The van der Waals surface area contributed by atoms with Gasteiger partial charge in [-0.25, -0.2) is 0 Å². The lowest BCUT2D eigenvalue weighted by Gasteiger charge is -2.06. The Labute approximate surface area is 120 Å². The van der Waals surface area contributed by atoms with Crippen LogP contribution in [0.2, 0.25) is 5.02 Å². The number of hydrogen-bond donors (Lipinski definition) is 2. The lowest BCUT2D eigenvalue weighted by Crippen LogP contribution is -2.15. The Balaban J connectivity index is 2.55. The molecule has 0 heterocycles. The summed E-state index contributed by atoms with van der Waals surface area (Å²) < 4.78 is 0. The Morgan fingerprint density at radius 2 is 1.84 bits per heavy atom. The summed E-state index contributed by atoms with van der Waals surface area (Å²) in [5.41, 5.74) is 0.629. The van der Waals surface area contributed by atoms with Crippen molar-refractivity contribution in [3.8, 4) is 0 Å². The average Bonchev–Trinajstić information content (AvgIpc) is 2.31. The van der Waals surface area contributed by atoms with Crippen molar-refractivity contribution in [2.24, 2.45) is 0 Å². The first-order valence-corrected chi connectivity index (χ1v) is 6.85. The number of rotatable bonds is 5. The number of benzene rings is 1. The van der Waals surface area contributed by atoms with E-state index in [4.69, 9.17) is 11.6 Å². The number of nitrogens with one attached hydrogen (secondary N) is 1. The van der Waals surface area contributed by atoms with Crippen LogP contribution in [0.4, 0.5) is 5.69 Å². The molecule has 0 unspecified atom stereocenters. The molecule has 0 saturated carbocycles. The maximum atomic E-state index is 11.7. The fraction of sp³-hybridized carbons (Fsp3) is 0.231. The molecule has 19 heavy (non-hydrogen) atoms. The molecule has 1 aromatic carbocycles. The van der Waals surface area contributed by atoms with Gasteiger partial charge in [-0.2, -0.15) is 0 Å². The molecule has 2 N–H and O–H groups in total. The van der Waals surface area contributed by atoms with Crippen LogP contribution in [-0.4, -0.2) is 22.5 Å². The summed E-state index contributed by atoms with van der Waals surface area (Å²) in [6.07, 6.45) is 0. The Kier molecular flexibility index (Phi) is 5.92. The standard InChI is InChI=1S/C13H14ClNO3S/c1-8(16)13(9(2)17)19-7-12(18)15-11-5-3-10(14)4-6-11/h3-6,16H,7H2,1-2H3,(H,15,18). The second kappa shape index (κ2) is 7.21. The fourth-order valence-electron chi connectivity index (χ4n) is 1.33. The molecule has 102 valence electrons. The number of aliphatic hydroxyl groups excluding tert-OH is 1. The number of Topliss-reactive ketones (excluding diaryl/α,β-unsaturated/α-hetero) is 1. The van der Waals surface area contributed by atoms with E-state index in [1.54, 1.807) is 24.3 Å². The fourth-order valence-corrected chi connectivity index (χ4v) is 2.21. The molecular weight excluding hydrogens is 286 g/mol. The first-order chi connectivity index (χ1) is 8.90. The third kappa shape index (κ3) is 5.36. The molecule has 0 aromatic heterocycles. The highest BCUT2D eigenvalue weighted by Gasteiger charge is 2.11. The topological polar surface area (TPSA) is 66.4 Å². The molecule has 0 bridgehead atoms. The van der Waals surface area contributed by atoms with Gasteiger partial charge in [-0.1, -0.05) is 11.6 Å². The first-order valence-electron chi connectivity index (χ1n) is 5.49. The Hall–Kier alpha value is -1.46. The summed E-state index contributed by atoms with van der Waals surface area (Å²) in [5, 5.41) is 12.6. The number of halogens is 1. The molecule has 1 amide bonds. The highest BCUT2D eigenvalue weighted by Crippen LogP contribution is 2.20. The highest BCUT2D eigenvalue weighted by atomic mass is 35.5. The van der Waals surface area contributed by atoms with Crippen molar-refractivity contribution in [1.29, 1.82) is 0 Å². The van der Waals surface area contributed by atoms with Gasteiger partial charge < -0.3 is 10.4 Å². The molecule has 0 atom stereocenters. The van der Waals surface area contributed by atoms with Crippen molar-refractivity contribution in [1.82, 2.24) is 0 Å². The maximum absolute atomic E-state index is 11.7. The van der Waals surface area contributed by atoms with Crippen molar-refractivity contribution in [3.63, 3.8) is 0 Å². The number of thioether (sulfide) groups is 1. The van der Waals surface area contributed by atoms with Crippen LogP contribution in [0.15, 0.2) is 34.9 Å². The van der Waals surface area contributed by atoms with Gasteiger partial charge in [-0.05, 0) is 38.1 Å². The summed E-state index contributed by atoms with van der Waals surface area (Å²) in [6.45, 7) is 2.76. The number of aliphatic hydroxyl groups is 1. The molecule has 0 aliphatic heterocycles. The van der Waals surface area contributed by atoms with E-state index in [0.717, 1.165) is 11.8 Å². The van der Waals surface area contributed by atoms with Crippen LogP contribution < -0.4 is 5.32 Å². The smallest absolute Gasteiger partial charge is 0.234 e. The highest BCUT2D eigenvalue weighted by molar-refractivity contribution is 8.04. The molecule has 4 nitrogen and oxygen atoms in total. The molecule has 0 aliphatic carbocycles. The zero-order valence-electron chi connectivity index (χ0n) is 10.6. The van der Waals surface area contributed by atoms with Gasteiger partial charge in [0.15, 0.2) is 5.78 Å². The maximum Gasteiger partial charge on any atom is 0.234 e. The number of anilines is 1. The third-order valence-corrected chi connectivity index (χ3v) is 3.65. The van der Waals surface area contributed by atoms with Crippen molar-refractivity contribution in [3.05, 3.63) is 40.0 Å². The minimum atomic E-state index is -0.260. The number of hydrogen-bond acceptors (Lipinski definition) is 4. The second-order valence-corrected chi connectivity index (χ2v) is 5.24. The predicted molar refractivity (Wildman–Crippen MR) is 78.5 cm³/mol. The van der Waals surface area contributed by atoms with E-state index in [1.807, 2.05) is 0 Å². The number of carbonyl (C=O) groups is 2. The second-order valence-electron chi connectivity index (χ2n) is 3.81. The van der Waals surface area contributed by atoms with Crippen LogP contribution >= 0.6 is 23.4 Å². The zero-order valence-corrected chi connectivity index (χ0v) is 12.1. The Morgan fingerprint density at radius 1 is 1.26 bits per heavy atom. The molecule has 0 spiro atoms. The normalized spacial score (nSPS) is 11.7. The summed E-state index contributed by atoms with van der Waals surface area (Å²) in [6, 6.07) is 6.71. The lowest BCUT2D eigenvalue weighted by molar-refractivity contribution is -0.114. The third-order valence-electron chi connectivity index (χ3n) is 2.12. The Morgan fingerprint density at radius 3 is 2.32 bits per heavy atom. The number of amides is 1. The molecule has 1 aromatic rings. The summed E-state index contributed by atoms with van der Waals surface area (Å²) in [5.74, 6) is -0.538. The van der Waals surface area contributed by atoms with Crippen molar-refractivity contribution < 1.29 is 14.7 Å². The van der Waals surface area contributed by atoms with Gasteiger partial charge in [0.25, 0.3) is 0 Å². The molecule has 0 fully saturated rings. The van der Waals surface area contributed by atoms with E-state index in [9.17, 15) is 14.7 Å². The van der Waals surface area contributed by atoms with E-state index < -0.39 is 0 Å². The number of carbonyl (C=O) groups excluding carboxylic acids is 2. The van der Waals surface area contributed by atoms with E-state index in [-0.39, 0.29) is 28.1 Å². The SMILES string of the molecule is CC(=O)C(SCC(=O)Nc1ccc(Cl)cc1)=C(C)O. The molecule has 0 saturated heterocycles. The first kappa shape index (κ1) is 15.6. The molecule has 6 heteroatoms. The monoisotopic (exact) mass is 299 g/mol. The van der Waals surface area contributed by atoms with Crippen LogP contribution in [0, 0.1) is 0 Å². The van der Waals surface area contributed by atoms with Crippen LogP contribution in [0.1, 0.15) is 13.8 Å². The van der Waals surface area contributed by atoms with Crippen LogP contribution in [0.3, 0.4) is 0 Å². The van der Waals surface area contributed by atoms with Gasteiger partial charge in [0, 0.05) is 10.7 Å². The lowest BCUT2D eigenvalue weighted by atomic mass is 10.3. The van der Waals surface area contributed by atoms with Crippen molar-refractivity contribution in [2.75, 3.05) is 11.1 Å². The zero-order chi connectivity index (χ0) is 14.4. The van der Waals surface area contributed by atoms with Gasteiger partial charge in [0.05, 0.1) is 10.7 Å². The van der Waals surface area contributed by atoms with E-state index in [0.29, 0.717) is 10.7 Å². The molecule has 0 radical (unpaired) electrons. The molecule has 1 rings (SSSR count). The van der Waals surface area contributed by atoms with E-state index in [1.165, 1.54) is 13.8 Å². The average molecular weight is 300 g/mol. The van der Waals surface area contributed by atoms with Crippen LogP contribution in [-0.2, 0) is 9.59 Å². The minimum Gasteiger partial charge on any atom is -0.511 e. The van der Waals surface area contributed by atoms with Crippen molar-refractivity contribution >= 4 is 40.7 Å². The Bertz CT molecular complexity index is 507. The van der Waals surface area contributed by atoms with E-state index >= 15 is 0 Å².